The van der Waals surface area contributed by atoms with Gasteiger partial charge in [0.05, 0.1) is 11.3 Å². The van der Waals surface area contributed by atoms with E-state index in [9.17, 15) is 4.79 Å². The summed E-state index contributed by atoms with van der Waals surface area (Å²) in [5.41, 5.74) is 0. The minimum atomic E-state index is -0.124. The van der Waals surface area contributed by atoms with E-state index < -0.39 is 0 Å². The van der Waals surface area contributed by atoms with Crippen molar-refractivity contribution in [2.24, 2.45) is 0 Å². The van der Waals surface area contributed by atoms with Crippen LogP contribution in [0, 0.1) is 0 Å². The minimum absolute atomic E-state index is 0.124. The second-order valence-electron chi connectivity index (χ2n) is 2.34. The van der Waals surface area contributed by atoms with Crippen LogP contribution in [0.1, 0.15) is 0 Å². The maximum Gasteiger partial charge on any atom is 0.398 e. The Morgan fingerprint density at radius 3 is 2.73 bits per heavy atom. The highest BCUT2D eigenvalue weighted by Gasteiger charge is 2.11. The average Bonchev–Trinajstić information content (AvgIpc) is 2.30. The number of fused-ring (bicyclic) bond motifs is 1. The fourth-order valence-electron chi connectivity index (χ4n) is 1.10. The molecule has 1 aromatic carbocycles. The molecule has 0 spiro atoms. The molecule has 0 aliphatic carbocycles. The van der Waals surface area contributed by atoms with E-state index in [1.807, 2.05) is 24.3 Å². The molecule has 3 heteroatoms. The van der Waals surface area contributed by atoms with Gasteiger partial charge in [0, 0.05) is 6.07 Å². The molecule has 1 amide bonds. The smallest absolute Gasteiger partial charge is 0.398 e. The van der Waals surface area contributed by atoms with E-state index in [1.54, 1.807) is 6.08 Å². The van der Waals surface area contributed by atoms with Gasteiger partial charge in [-0.15, -0.1) is 0 Å². The van der Waals surface area contributed by atoms with Crippen LogP contribution in [-0.2, 0) is 17.6 Å². The van der Waals surface area contributed by atoms with Crippen LogP contribution in [0.3, 0.4) is 0 Å². The van der Waals surface area contributed by atoms with Crippen LogP contribution < -0.4 is 14.6 Å². The number of amides is 1. The normalized spacial score (nSPS) is 14.5. The van der Waals surface area contributed by atoms with Gasteiger partial charge in [0.1, 0.15) is 0 Å². The van der Waals surface area contributed by atoms with E-state index in [0.29, 0.717) is 0 Å². The molecule has 0 saturated carbocycles. The van der Waals surface area contributed by atoms with Gasteiger partial charge in [0.25, 0.3) is 0 Å². The molecule has 2 rings (SSSR count). The highest BCUT2D eigenvalue weighted by molar-refractivity contribution is 7.57. The molecule has 0 unspecified atom stereocenters. The zero-order chi connectivity index (χ0) is 7.84. The van der Waals surface area contributed by atoms with Crippen LogP contribution in [0.5, 0.6) is 0 Å². The van der Waals surface area contributed by atoms with E-state index in [-0.39, 0.29) is 5.91 Å². The van der Waals surface area contributed by atoms with Crippen LogP contribution in [0.2, 0.25) is 0 Å². The Morgan fingerprint density at radius 2 is 2.00 bits per heavy atom. The largest absolute Gasteiger partial charge is 0.423 e. The minimum Gasteiger partial charge on any atom is -0.423 e. The molecular formula is C8H5NOS. The number of benzene rings is 1. The Bertz CT molecular complexity index is 436. The van der Waals surface area contributed by atoms with Crippen molar-refractivity contribution in [3.63, 3.8) is 0 Å². The van der Waals surface area contributed by atoms with E-state index in [1.165, 1.54) is 3.98 Å². The first-order valence-electron chi connectivity index (χ1n) is 3.24. The van der Waals surface area contributed by atoms with Gasteiger partial charge in [-0.3, -0.25) is 3.98 Å². The highest BCUT2D eigenvalue weighted by atomic mass is 32.1. The third-order valence-electron chi connectivity index (χ3n) is 1.63. The van der Waals surface area contributed by atoms with Crippen molar-refractivity contribution < 1.29 is 4.79 Å². The maximum absolute atomic E-state index is 11.0. The maximum atomic E-state index is 11.0. The molecule has 0 saturated heterocycles. The van der Waals surface area contributed by atoms with E-state index in [2.05, 4.69) is 0 Å². The number of carbonyl (C=O) groups excluding carboxylic acids is 1. The van der Waals surface area contributed by atoms with Crippen molar-refractivity contribution >= 4 is 24.8 Å². The first-order chi connectivity index (χ1) is 5.29. The topological polar surface area (TPSA) is 20.1 Å². The Balaban J connectivity index is 3.00. The molecule has 1 aliphatic heterocycles. The second kappa shape index (κ2) is 2.13. The summed E-state index contributed by atoms with van der Waals surface area (Å²) in [5.74, 6) is -0.124. The third-order valence-corrected chi connectivity index (χ3v) is 2.01. The number of hydrogen-bond acceptors (Lipinski definition) is 2. The van der Waals surface area contributed by atoms with E-state index in [0.717, 1.165) is 10.6 Å². The summed E-state index contributed by atoms with van der Waals surface area (Å²) in [6.07, 6.45) is 1.54. The van der Waals surface area contributed by atoms with Gasteiger partial charge in [-0.05, 0) is 6.07 Å². The third kappa shape index (κ3) is 0.851. The number of hydrogen-bond donors (Lipinski definition) is 0. The molecule has 11 heavy (non-hydrogen) atoms. The standard InChI is InChI=1S/C8H5NOS/c10-8-5-6-3-1-2-4-7(6)9(8)11/h1-5H. The van der Waals surface area contributed by atoms with Crippen LogP contribution in [0.4, 0.5) is 0 Å². The molecular weight excluding hydrogens is 158 g/mol. The monoisotopic (exact) mass is 163 g/mol. The summed E-state index contributed by atoms with van der Waals surface area (Å²) in [7, 11) is 0. The molecule has 2 nitrogen and oxygen atoms in total. The Hall–Kier alpha value is -1.22. The predicted octanol–water partition coefficient (Wildman–Crippen LogP) is -1.04. The summed E-state index contributed by atoms with van der Waals surface area (Å²) in [4.78, 5) is 11.0. The molecule has 54 valence electrons. The van der Waals surface area contributed by atoms with Crippen molar-refractivity contribution in [2.75, 3.05) is 0 Å². The Morgan fingerprint density at radius 1 is 1.27 bits per heavy atom. The van der Waals surface area contributed by atoms with E-state index >= 15 is 0 Å². The van der Waals surface area contributed by atoms with Crippen LogP contribution in [-0.4, -0.2) is 5.91 Å². The Labute approximate surface area is 69.0 Å². The fraction of sp³-hybridized carbons (Fsp3) is 0. The molecule has 0 atom stereocenters. The van der Waals surface area contributed by atoms with E-state index in [4.69, 9.17) is 12.8 Å². The summed E-state index contributed by atoms with van der Waals surface area (Å²) in [5, 5.41) is 1.72. The van der Waals surface area contributed by atoms with Crippen LogP contribution >= 0.6 is 0 Å². The van der Waals surface area contributed by atoms with Crippen molar-refractivity contribution in [2.45, 2.75) is 0 Å². The second-order valence-corrected chi connectivity index (χ2v) is 2.70. The van der Waals surface area contributed by atoms with Crippen molar-refractivity contribution in [1.82, 2.24) is 3.98 Å². The first kappa shape index (κ1) is 6.49. The number of para-hydroxylation sites is 1. The molecule has 0 fully saturated rings. The van der Waals surface area contributed by atoms with Crippen molar-refractivity contribution in [3.8, 4) is 0 Å². The van der Waals surface area contributed by atoms with Gasteiger partial charge in [0.15, 0.2) is 0 Å². The fourth-order valence-corrected chi connectivity index (χ4v) is 1.32. The number of nitrogens with zero attached hydrogens (tertiary/aromatic N) is 1. The summed E-state index contributed by atoms with van der Waals surface area (Å²) in [6, 6.07) is 7.46. The average molecular weight is 163 g/mol. The lowest BCUT2D eigenvalue weighted by atomic mass is 10.3. The molecule has 0 N–H and O–H groups in total. The van der Waals surface area contributed by atoms with Gasteiger partial charge >= 0.3 is 5.91 Å². The molecule has 0 bridgehead atoms. The molecule has 1 aromatic rings. The molecule has 1 heterocycles. The predicted molar refractivity (Wildman–Crippen MR) is 43.8 cm³/mol. The Kier molecular flexibility index (Phi) is 1.26. The summed E-state index contributed by atoms with van der Waals surface area (Å²) >= 11 is 4.83. The van der Waals surface area contributed by atoms with Gasteiger partial charge < -0.3 is 12.8 Å². The zero-order valence-electron chi connectivity index (χ0n) is 5.65. The van der Waals surface area contributed by atoms with Crippen LogP contribution in [0.25, 0.3) is 6.08 Å². The molecule has 1 aliphatic rings. The molecule has 0 radical (unpaired) electrons. The molecule has 0 aromatic heterocycles. The first-order valence-corrected chi connectivity index (χ1v) is 3.60. The van der Waals surface area contributed by atoms with Crippen molar-refractivity contribution in [3.05, 3.63) is 34.8 Å². The lowest BCUT2D eigenvalue weighted by Crippen LogP contribution is -2.31. The van der Waals surface area contributed by atoms with Gasteiger partial charge in [-0.1, -0.05) is 12.1 Å². The van der Waals surface area contributed by atoms with Gasteiger partial charge in [0.2, 0.25) is 5.36 Å². The number of rotatable bonds is 0. The summed E-state index contributed by atoms with van der Waals surface area (Å²) < 4.78 is 1.23. The van der Waals surface area contributed by atoms with Gasteiger partial charge in [-0.2, -0.15) is 0 Å². The van der Waals surface area contributed by atoms with Crippen LogP contribution in [0.15, 0.2) is 24.3 Å². The quantitative estimate of drug-likeness (QED) is 0.359. The summed E-state index contributed by atoms with van der Waals surface area (Å²) in [6.45, 7) is 0. The lowest BCUT2D eigenvalue weighted by Gasteiger charge is -1.92. The lowest BCUT2D eigenvalue weighted by molar-refractivity contribution is -0.114. The van der Waals surface area contributed by atoms with Gasteiger partial charge in [-0.25, -0.2) is 4.79 Å². The van der Waals surface area contributed by atoms with Crippen molar-refractivity contribution in [1.29, 1.82) is 0 Å². The SMILES string of the molecule is O=C1C=c2ccccc2=[N+]1[S-]. The number of carbonyl (C=O) groups is 1. The zero-order valence-corrected chi connectivity index (χ0v) is 6.47. The highest BCUT2D eigenvalue weighted by Crippen LogP contribution is 1.80.